The van der Waals surface area contributed by atoms with E-state index in [0.717, 1.165) is 16.9 Å². The molecule has 0 amide bonds. The molecule has 0 bridgehead atoms. The van der Waals surface area contributed by atoms with Crippen molar-refractivity contribution in [3.05, 3.63) is 59.7 Å². The highest BCUT2D eigenvalue weighted by Gasteiger charge is 2.04. The number of nitrogens with zero attached hydrogens (tertiary/aromatic N) is 2. The van der Waals surface area contributed by atoms with Gasteiger partial charge in [0.1, 0.15) is 5.82 Å². The molecule has 2 aromatic rings. The van der Waals surface area contributed by atoms with Gasteiger partial charge in [0, 0.05) is 32.0 Å². The second kappa shape index (κ2) is 5.60. The fraction of sp³-hybridized carbons (Fsp3) is 0.214. The highest BCUT2D eigenvalue weighted by Crippen LogP contribution is 2.16. The summed E-state index contributed by atoms with van der Waals surface area (Å²) in [5.74, 6) is -0.210. The monoisotopic (exact) mass is 245 g/mol. The molecule has 1 heterocycles. The van der Waals surface area contributed by atoms with Gasteiger partial charge in [0.2, 0.25) is 0 Å². The molecule has 2 N–H and O–H groups in total. The van der Waals surface area contributed by atoms with Crippen LogP contribution in [0.3, 0.4) is 0 Å². The van der Waals surface area contributed by atoms with Gasteiger partial charge in [0.05, 0.1) is 5.69 Å². The number of hydrogen-bond donors (Lipinski definition) is 1. The van der Waals surface area contributed by atoms with Gasteiger partial charge in [-0.2, -0.15) is 0 Å². The third-order valence-electron chi connectivity index (χ3n) is 2.76. The molecule has 0 atom stereocenters. The minimum atomic E-state index is -0.210. The van der Waals surface area contributed by atoms with Crippen molar-refractivity contribution in [2.24, 2.45) is 5.73 Å². The highest BCUT2D eigenvalue weighted by molar-refractivity contribution is 5.46. The first-order valence-corrected chi connectivity index (χ1v) is 5.79. The molecule has 0 unspecified atom stereocenters. The Balaban J connectivity index is 2.13. The summed E-state index contributed by atoms with van der Waals surface area (Å²) < 4.78 is 13.1. The lowest BCUT2D eigenvalue weighted by Crippen LogP contribution is -2.17. The zero-order valence-corrected chi connectivity index (χ0v) is 10.3. The second-order valence-corrected chi connectivity index (χ2v) is 4.20. The molecule has 94 valence electrons. The summed E-state index contributed by atoms with van der Waals surface area (Å²) in [5, 5.41) is 0. The van der Waals surface area contributed by atoms with Crippen molar-refractivity contribution < 1.29 is 4.39 Å². The molecule has 0 spiro atoms. The minimum absolute atomic E-state index is 0.210. The van der Waals surface area contributed by atoms with Gasteiger partial charge in [-0.25, -0.2) is 4.39 Å². The number of pyridine rings is 1. The predicted molar refractivity (Wildman–Crippen MR) is 70.6 cm³/mol. The molecule has 1 aromatic heterocycles. The Bertz CT molecular complexity index is 528. The quantitative estimate of drug-likeness (QED) is 0.898. The van der Waals surface area contributed by atoms with E-state index in [1.807, 2.05) is 30.1 Å². The van der Waals surface area contributed by atoms with Crippen molar-refractivity contribution in [2.75, 3.05) is 11.9 Å². The summed E-state index contributed by atoms with van der Waals surface area (Å²) in [6.45, 7) is 1.06. The van der Waals surface area contributed by atoms with Gasteiger partial charge >= 0.3 is 0 Å². The molecular formula is C14H16FN3. The van der Waals surface area contributed by atoms with Crippen molar-refractivity contribution in [1.82, 2.24) is 4.98 Å². The Kier molecular flexibility index (Phi) is 3.89. The number of halogens is 1. The first-order valence-electron chi connectivity index (χ1n) is 5.79. The van der Waals surface area contributed by atoms with Gasteiger partial charge in [0.25, 0.3) is 0 Å². The van der Waals surface area contributed by atoms with E-state index in [4.69, 9.17) is 5.73 Å². The van der Waals surface area contributed by atoms with Crippen LogP contribution in [0, 0.1) is 5.82 Å². The van der Waals surface area contributed by atoms with Crippen LogP contribution in [0.5, 0.6) is 0 Å². The SMILES string of the molecule is CN(Cc1cccc(F)c1)c1ccnc(CN)c1. The molecule has 0 saturated heterocycles. The van der Waals surface area contributed by atoms with Gasteiger partial charge in [-0.1, -0.05) is 12.1 Å². The van der Waals surface area contributed by atoms with Gasteiger partial charge in [-0.3, -0.25) is 4.98 Å². The molecule has 0 radical (unpaired) electrons. The van der Waals surface area contributed by atoms with E-state index in [9.17, 15) is 4.39 Å². The molecule has 0 fully saturated rings. The number of benzene rings is 1. The summed E-state index contributed by atoms with van der Waals surface area (Å²) in [7, 11) is 1.96. The fourth-order valence-electron chi connectivity index (χ4n) is 1.81. The normalized spacial score (nSPS) is 10.4. The first-order chi connectivity index (χ1) is 8.69. The van der Waals surface area contributed by atoms with Gasteiger partial charge in [-0.05, 0) is 29.8 Å². The zero-order chi connectivity index (χ0) is 13.0. The summed E-state index contributed by atoms with van der Waals surface area (Å²) in [5.41, 5.74) is 8.36. The van der Waals surface area contributed by atoms with Crippen molar-refractivity contribution in [3.8, 4) is 0 Å². The third kappa shape index (κ3) is 3.05. The van der Waals surface area contributed by atoms with Crippen LogP contribution in [0.25, 0.3) is 0 Å². The largest absolute Gasteiger partial charge is 0.370 e. The fourth-order valence-corrected chi connectivity index (χ4v) is 1.81. The van der Waals surface area contributed by atoms with E-state index in [1.165, 1.54) is 6.07 Å². The molecule has 2 rings (SSSR count). The van der Waals surface area contributed by atoms with Crippen LogP contribution in [0.2, 0.25) is 0 Å². The maximum Gasteiger partial charge on any atom is 0.123 e. The van der Waals surface area contributed by atoms with E-state index in [1.54, 1.807) is 18.3 Å². The molecule has 0 saturated carbocycles. The van der Waals surface area contributed by atoms with Crippen LogP contribution >= 0.6 is 0 Å². The van der Waals surface area contributed by atoms with Crippen molar-refractivity contribution in [1.29, 1.82) is 0 Å². The summed E-state index contributed by atoms with van der Waals surface area (Å²) >= 11 is 0. The lowest BCUT2D eigenvalue weighted by Gasteiger charge is -2.19. The van der Waals surface area contributed by atoms with Crippen LogP contribution in [-0.4, -0.2) is 12.0 Å². The number of anilines is 1. The van der Waals surface area contributed by atoms with Crippen LogP contribution in [0.15, 0.2) is 42.6 Å². The average molecular weight is 245 g/mol. The Morgan fingerprint density at radius 1 is 1.28 bits per heavy atom. The topological polar surface area (TPSA) is 42.2 Å². The Hall–Kier alpha value is -1.94. The molecule has 0 aliphatic rings. The van der Waals surface area contributed by atoms with Crippen molar-refractivity contribution in [3.63, 3.8) is 0 Å². The van der Waals surface area contributed by atoms with E-state index >= 15 is 0 Å². The third-order valence-corrected chi connectivity index (χ3v) is 2.76. The summed E-state index contributed by atoms with van der Waals surface area (Å²) in [6.07, 6.45) is 1.74. The maximum absolute atomic E-state index is 13.1. The number of rotatable bonds is 4. The van der Waals surface area contributed by atoms with E-state index in [2.05, 4.69) is 4.98 Å². The van der Waals surface area contributed by atoms with Crippen molar-refractivity contribution in [2.45, 2.75) is 13.1 Å². The zero-order valence-electron chi connectivity index (χ0n) is 10.3. The molecule has 1 aromatic carbocycles. The lowest BCUT2D eigenvalue weighted by atomic mass is 10.2. The molecule has 18 heavy (non-hydrogen) atoms. The average Bonchev–Trinajstić information content (AvgIpc) is 2.39. The summed E-state index contributed by atoms with van der Waals surface area (Å²) in [4.78, 5) is 6.19. The predicted octanol–water partition coefficient (Wildman–Crippen LogP) is 2.32. The first kappa shape index (κ1) is 12.5. The van der Waals surface area contributed by atoms with E-state index in [0.29, 0.717) is 13.1 Å². The standard InChI is InChI=1S/C14H16FN3/c1-18(10-11-3-2-4-12(15)7-11)14-5-6-17-13(8-14)9-16/h2-8H,9-10,16H2,1H3. The van der Waals surface area contributed by atoms with Crippen LogP contribution in [-0.2, 0) is 13.1 Å². The van der Waals surface area contributed by atoms with Crippen LogP contribution in [0.1, 0.15) is 11.3 Å². The smallest absolute Gasteiger partial charge is 0.123 e. The lowest BCUT2D eigenvalue weighted by molar-refractivity contribution is 0.625. The Labute approximate surface area is 106 Å². The van der Waals surface area contributed by atoms with Gasteiger partial charge in [0.15, 0.2) is 0 Å². The Morgan fingerprint density at radius 2 is 2.11 bits per heavy atom. The molecule has 0 aliphatic heterocycles. The van der Waals surface area contributed by atoms with Crippen LogP contribution < -0.4 is 10.6 Å². The maximum atomic E-state index is 13.1. The number of aromatic nitrogens is 1. The van der Waals surface area contributed by atoms with Crippen LogP contribution in [0.4, 0.5) is 10.1 Å². The summed E-state index contributed by atoms with van der Waals surface area (Å²) in [6, 6.07) is 10.5. The van der Waals surface area contributed by atoms with Gasteiger partial charge in [-0.15, -0.1) is 0 Å². The van der Waals surface area contributed by atoms with E-state index in [-0.39, 0.29) is 5.82 Å². The van der Waals surface area contributed by atoms with Gasteiger partial charge < -0.3 is 10.6 Å². The number of nitrogens with two attached hydrogens (primary N) is 1. The number of hydrogen-bond acceptors (Lipinski definition) is 3. The molecule has 3 nitrogen and oxygen atoms in total. The minimum Gasteiger partial charge on any atom is -0.370 e. The second-order valence-electron chi connectivity index (χ2n) is 4.20. The molecular weight excluding hydrogens is 229 g/mol. The molecule has 0 aliphatic carbocycles. The van der Waals surface area contributed by atoms with E-state index < -0.39 is 0 Å². The Morgan fingerprint density at radius 3 is 2.83 bits per heavy atom. The highest BCUT2D eigenvalue weighted by atomic mass is 19.1. The van der Waals surface area contributed by atoms with Crippen molar-refractivity contribution >= 4 is 5.69 Å². The molecule has 4 heteroatoms.